The van der Waals surface area contributed by atoms with Crippen LogP contribution in [-0.4, -0.2) is 30.8 Å². The highest BCUT2D eigenvalue weighted by Crippen LogP contribution is 2.33. The number of carbonyl (C=O) groups excluding carboxylic acids is 3. The Hall–Kier alpha value is -3.26. The summed E-state index contributed by atoms with van der Waals surface area (Å²) in [6.07, 6.45) is 1.57. The second kappa shape index (κ2) is 8.62. The van der Waals surface area contributed by atoms with Crippen molar-refractivity contribution >= 4 is 35.0 Å². The highest BCUT2D eigenvalue weighted by molar-refractivity contribution is 8.18. The number of amides is 2. The smallest absolute Gasteiger partial charge is 0.347 e. The second-order valence-corrected chi connectivity index (χ2v) is 6.60. The van der Waals surface area contributed by atoms with Crippen LogP contribution in [0.5, 0.6) is 17.2 Å². The fourth-order valence-corrected chi connectivity index (χ4v) is 3.19. The molecule has 3 rings (SSSR count). The lowest BCUT2D eigenvalue weighted by Gasteiger charge is -2.12. The Morgan fingerprint density at radius 1 is 1.11 bits per heavy atom. The molecular formula is C20H17NO6S. The molecule has 2 amide bonds. The van der Waals surface area contributed by atoms with Gasteiger partial charge in [-0.05, 0) is 54.6 Å². The van der Waals surface area contributed by atoms with Crippen LogP contribution in [0.15, 0.2) is 47.4 Å². The number of para-hydroxylation sites is 1. The molecule has 8 heteroatoms. The molecule has 0 saturated carbocycles. The molecule has 0 radical (unpaired) electrons. The molecule has 1 aliphatic rings. The van der Waals surface area contributed by atoms with E-state index in [1.165, 1.54) is 7.11 Å². The van der Waals surface area contributed by atoms with Crippen LogP contribution in [0.4, 0.5) is 4.79 Å². The molecule has 0 aliphatic carbocycles. The first-order valence-corrected chi connectivity index (χ1v) is 9.20. The van der Waals surface area contributed by atoms with E-state index >= 15 is 0 Å². The van der Waals surface area contributed by atoms with Crippen LogP contribution in [0.1, 0.15) is 22.8 Å². The standard InChI is InChI=1S/C20H17NO6S/c1-3-26-16-10-12(11-17-18(22)21-20(24)28-17)8-9-15(16)27-19(23)13-6-4-5-7-14(13)25-2/h4-11H,3H2,1-2H3,(H,21,22,24)/b17-11+. The quantitative estimate of drug-likeness (QED) is 0.450. The normalized spacial score (nSPS) is 14.7. The summed E-state index contributed by atoms with van der Waals surface area (Å²) in [6.45, 7) is 2.16. The number of rotatable bonds is 6. The van der Waals surface area contributed by atoms with E-state index in [-0.39, 0.29) is 16.2 Å². The highest BCUT2D eigenvalue weighted by atomic mass is 32.2. The fraction of sp³-hybridized carbons (Fsp3) is 0.150. The number of nitrogens with one attached hydrogen (secondary N) is 1. The van der Waals surface area contributed by atoms with Gasteiger partial charge in [-0.2, -0.15) is 0 Å². The maximum atomic E-state index is 12.5. The number of hydrogen-bond donors (Lipinski definition) is 1. The maximum Gasteiger partial charge on any atom is 0.347 e. The molecule has 1 N–H and O–H groups in total. The van der Waals surface area contributed by atoms with Crippen LogP contribution in [0.25, 0.3) is 6.08 Å². The number of methoxy groups -OCH3 is 1. The van der Waals surface area contributed by atoms with Crippen LogP contribution in [0.2, 0.25) is 0 Å². The summed E-state index contributed by atoms with van der Waals surface area (Å²) in [5.74, 6) is -0.0458. The molecule has 0 unspecified atom stereocenters. The summed E-state index contributed by atoms with van der Waals surface area (Å²) in [6, 6.07) is 11.6. The summed E-state index contributed by atoms with van der Waals surface area (Å²) < 4.78 is 16.2. The minimum atomic E-state index is -0.583. The minimum Gasteiger partial charge on any atom is -0.496 e. The average molecular weight is 399 g/mol. The lowest BCUT2D eigenvalue weighted by Crippen LogP contribution is -2.17. The third-order valence-corrected chi connectivity index (χ3v) is 4.55. The van der Waals surface area contributed by atoms with Crippen molar-refractivity contribution in [3.63, 3.8) is 0 Å². The molecule has 28 heavy (non-hydrogen) atoms. The topological polar surface area (TPSA) is 90.9 Å². The molecule has 144 valence electrons. The summed E-state index contributed by atoms with van der Waals surface area (Å²) >= 11 is 0.825. The van der Waals surface area contributed by atoms with E-state index < -0.39 is 17.1 Å². The van der Waals surface area contributed by atoms with Crippen LogP contribution < -0.4 is 19.5 Å². The third-order valence-electron chi connectivity index (χ3n) is 3.74. The van der Waals surface area contributed by atoms with Crippen LogP contribution in [0, 0.1) is 0 Å². The summed E-state index contributed by atoms with van der Waals surface area (Å²) in [4.78, 5) is 35.8. The van der Waals surface area contributed by atoms with Crippen molar-refractivity contribution in [2.24, 2.45) is 0 Å². The van der Waals surface area contributed by atoms with E-state index in [2.05, 4.69) is 5.32 Å². The molecule has 0 atom stereocenters. The summed E-state index contributed by atoms with van der Waals surface area (Å²) in [5.41, 5.74) is 0.920. The van der Waals surface area contributed by atoms with Gasteiger partial charge >= 0.3 is 5.97 Å². The maximum absolute atomic E-state index is 12.5. The zero-order chi connectivity index (χ0) is 20.1. The van der Waals surface area contributed by atoms with Gasteiger partial charge in [0.25, 0.3) is 11.1 Å². The van der Waals surface area contributed by atoms with Gasteiger partial charge in [0, 0.05) is 0 Å². The Kier molecular flexibility index (Phi) is 6.00. The van der Waals surface area contributed by atoms with Gasteiger partial charge in [-0.1, -0.05) is 18.2 Å². The zero-order valence-corrected chi connectivity index (χ0v) is 16.0. The van der Waals surface area contributed by atoms with Crippen LogP contribution in [-0.2, 0) is 4.79 Å². The number of thioether (sulfide) groups is 1. The van der Waals surface area contributed by atoms with Gasteiger partial charge in [-0.15, -0.1) is 0 Å². The molecule has 1 saturated heterocycles. The molecule has 2 aromatic carbocycles. The van der Waals surface area contributed by atoms with Crippen molar-refractivity contribution in [3.8, 4) is 17.2 Å². The number of ether oxygens (including phenoxy) is 3. The molecule has 2 aromatic rings. The number of carbonyl (C=O) groups is 3. The van der Waals surface area contributed by atoms with Gasteiger partial charge in [0.2, 0.25) is 0 Å². The van der Waals surface area contributed by atoms with Gasteiger partial charge in [0.05, 0.1) is 18.6 Å². The molecule has 0 aromatic heterocycles. The Bertz CT molecular complexity index is 969. The third kappa shape index (κ3) is 4.34. The van der Waals surface area contributed by atoms with Crippen LogP contribution >= 0.6 is 11.8 Å². The van der Waals surface area contributed by atoms with Crippen molar-refractivity contribution in [2.75, 3.05) is 13.7 Å². The molecule has 0 spiro atoms. The Morgan fingerprint density at radius 2 is 1.89 bits per heavy atom. The second-order valence-electron chi connectivity index (χ2n) is 5.58. The van der Waals surface area contributed by atoms with E-state index in [9.17, 15) is 14.4 Å². The number of benzene rings is 2. The largest absolute Gasteiger partial charge is 0.496 e. The number of imide groups is 1. The van der Waals surface area contributed by atoms with Crippen molar-refractivity contribution in [1.82, 2.24) is 5.32 Å². The Labute approximate surface area is 165 Å². The fourth-order valence-electron chi connectivity index (χ4n) is 2.51. The van der Waals surface area contributed by atoms with Gasteiger partial charge in [-0.3, -0.25) is 14.9 Å². The van der Waals surface area contributed by atoms with E-state index in [0.717, 1.165) is 11.8 Å². The Balaban J connectivity index is 1.87. The first-order chi connectivity index (χ1) is 13.5. The number of hydrogen-bond acceptors (Lipinski definition) is 7. The predicted octanol–water partition coefficient (Wildman–Crippen LogP) is 3.64. The average Bonchev–Trinajstić information content (AvgIpc) is 3.00. The summed E-state index contributed by atoms with van der Waals surface area (Å²) in [5, 5.41) is 1.78. The first-order valence-electron chi connectivity index (χ1n) is 8.38. The van der Waals surface area contributed by atoms with Crippen LogP contribution in [0.3, 0.4) is 0 Å². The van der Waals surface area contributed by atoms with Crippen molar-refractivity contribution in [2.45, 2.75) is 6.92 Å². The van der Waals surface area contributed by atoms with Gasteiger partial charge < -0.3 is 14.2 Å². The highest BCUT2D eigenvalue weighted by Gasteiger charge is 2.25. The minimum absolute atomic E-state index is 0.236. The van der Waals surface area contributed by atoms with Crippen molar-refractivity contribution in [1.29, 1.82) is 0 Å². The van der Waals surface area contributed by atoms with Gasteiger partial charge in [0.1, 0.15) is 11.3 Å². The SMILES string of the molecule is CCOc1cc(/C=C2/SC(=O)NC2=O)ccc1OC(=O)c1ccccc1OC. The lowest BCUT2D eigenvalue weighted by molar-refractivity contribution is -0.115. The molecule has 0 bridgehead atoms. The van der Waals surface area contributed by atoms with E-state index in [1.54, 1.807) is 55.5 Å². The van der Waals surface area contributed by atoms with E-state index in [0.29, 0.717) is 23.7 Å². The molecule has 1 fully saturated rings. The monoisotopic (exact) mass is 399 g/mol. The van der Waals surface area contributed by atoms with Crippen molar-refractivity contribution in [3.05, 3.63) is 58.5 Å². The molecular weight excluding hydrogens is 382 g/mol. The van der Waals surface area contributed by atoms with Gasteiger partial charge in [-0.25, -0.2) is 4.79 Å². The van der Waals surface area contributed by atoms with Crippen molar-refractivity contribution < 1.29 is 28.6 Å². The summed E-state index contributed by atoms with van der Waals surface area (Å²) in [7, 11) is 1.47. The zero-order valence-electron chi connectivity index (χ0n) is 15.2. The van der Waals surface area contributed by atoms with E-state index in [1.807, 2.05) is 0 Å². The molecule has 1 aliphatic heterocycles. The van der Waals surface area contributed by atoms with E-state index in [4.69, 9.17) is 14.2 Å². The predicted molar refractivity (Wildman–Crippen MR) is 105 cm³/mol. The number of esters is 1. The first kappa shape index (κ1) is 19.5. The van der Waals surface area contributed by atoms with Gasteiger partial charge in [0.15, 0.2) is 11.5 Å². The molecule has 1 heterocycles. The Morgan fingerprint density at radius 3 is 2.57 bits per heavy atom. The molecule has 7 nitrogen and oxygen atoms in total. The lowest BCUT2D eigenvalue weighted by atomic mass is 10.1.